The molecular formula is C9H12BrN. The molecule has 1 aromatic rings. The van der Waals surface area contributed by atoms with Crippen molar-refractivity contribution in [1.82, 2.24) is 0 Å². The maximum atomic E-state index is 5.75. The molecule has 1 aromatic carbocycles. The highest BCUT2D eigenvalue weighted by Gasteiger charge is 1.96. The van der Waals surface area contributed by atoms with E-state index in [0.29, 0.717) is 0 Å². The summed E-state index contributed by atoms with van der Waals surface area (Å²) in [6.45, 7) is 2.08. The normalized spacial score (nSPS) is 10.0. The molecule has 1 nitrogen and oxygen atoms in total. The minimum absolute atomic E-state index is 0.898. The molecule has 0 fully saturated rings. The van der Waals surface area contributed by atoms with E-state index in [4.69, 9.17) is 5.73 Å². The van der Waals surface area contributed by atoms with Crippen LogP contribution in [0.2, 0.25) is 0 Å². The van der Waals surface area contributed by atoms with E-state index in [9.17, 15) is 0 Å². The first-order valence-electron chi connectivity index (χ1n) is 3.65. The molecule has 60 valence electrons. The molecule has 0 amide bonds. The number of hydrogen-bond acceptors (Lipinski definition) is 1. The molecule has 2 N–H and O–H groups in total. The Kier molecular flexibility index (Phi) is 2.94. The maximum Gasteiger partial charge on any atom is 0.0347 e. The molecule has 0 aliphatic heterocycles. The number of nitrogen functional groups attached to an aromatic ring is 1. The average molecular weight is 214 g/mol. The molecule has 2 heteroatoms. The van der Waals surface area contributed by atoms with Crippen molar-refractivity contribution >= 4 is 21.6 Å². The summed E-state index contributed by atoms with van der Waals surface area (Å²) in [6, 6.07) is 6.14. The summed E-state index contributed by atoms with van der Waals surface area (Å²) >= 11 is 3.39. The Morgan fingerprint density at radius 2 is 2.18 bits per heavy atom. The lowest BCUT2D eigenvalue weighted by Crippen LogP contribution is -1.95. The lowest BCUT2D eigenvalue weighted by atomic mass is 10.1. The van der Waals surface area contributed by atoms with Crippen LogP contribution in [-0.2, 0) is 6.42 Å². The fraction of sp³-hybridized carbons (Fsp3) is 0.333. The third-order valence-electron chi connectivity index (χ3n) is 1.66. The van der Waals surface area contributed by atoms with Gasteiger partial charge in [0.25, 0.3) is 0 Å². The van der Waals surface area contributed by atoms with Crippen LogP contribution in [0.1, 0.15) is 11.1 Å². The molecule has 0 saturated heterocycles. The third kappa shape index (κ3) is 2.22. The van der Waals surface area contributed by atoms with Gasteiger partial charge in [0.2, 0.25) is 0 Å². The standard InChI is InChI=1S/C9H12BrN/c1-7-2-3-9(11)8(6-7)4-5-10/h2-3,6H,4-5,11H2,1H3. The minimum Gasteiger partial charge on any atom is -0.399 e. The summed E-state index contributed by atoms with van der Waals surface area (Å²) < 4.78 is 0. The molecule has 0 saturated carbocycles. The smallest absolute Gasteiger partial charge is 0.0347 e. The van der Waals surface area contributed by atoms with Gasteiger partial charge < -0.3 is 5.73 Å². The largest absolute Gasteiger partial charge is 0.399 e. The summed E-state index contributed by atoms with van der Waals surface area (Å²) in [7, 11) is 0. The zero-order valence-electron chi connectivity index (χ0n) is 6.60. The highest BCUT2D eigenvalue weighted by atomic mass is 79.9. The molecule has 1 rings (SSSR count). The lowest BCUT2D eigenvalue weighted by molar-refractivity contribution is 1.16. The van der Waals surface area contributed by atoms with Crippen molar-refractivity contribution in [3.05, 3.63) is 29.3 Å². The van der Waals surface area contributed by atoms with E-state index >= 15 is 0 Å². The zero-order chi connectivity index (χ0) is 8.27. The van der Waals surface area contributed by atoms with E-state index in [2.05, 4.69) is 28.9 Å². The number of alkyl halides is 1. The number of benzene rings is 1. The summed E-state index contributed by atoms with van der Waals surface area (Å²) in [6.07, 6.45) is 1.01. The second kappa shape index (κ2) is 3.77. The van der Waals surface area contributed by atoms with Gasteiger partial charge in [-0.15, -0.1) is 0 Å². The Hall–Kier alpha value is -0.500. The van der Waals surface area contributed by atoms with Gasteiger partial charge >= 0.3 is 0 Å². The highest BCUT2D eigenvalue weighted by molar-refractivity contribution is 9.09. The summed E-state index contributed by atoms with van der Waals surface area (Å²) in [5.41, 5.74) is 9.16. The third-order valence-corrected chi connectivity index (χ3v) is 2.06. The molecule has 0 aliphatic carbocycles. The summed E-state index contributed by atoms with van der Waals surface area (Å²) in [5, 5.41) is 0.973. The first-order chi connectivity index (χ1) is 5.24. The SMILES string of the molecule is Cc1ccc(N)c(CCBr)c1. The van der Waals surface area contributed by atoms with Gasteiger partial charge in [-0.25, -0.2) is 0 Å². The van der Waals surface area contributed by atoms with Crippen molar-refractivity contribution in [3.8, 4) is 0 Å². The molecular weight excluding hydrogens is 202 g/mol. The van der Waals surface area contributed by atoms with E-state index in [1.807, 2.05) is 12.1 Å². The van der Waals surface area contributed by atoms with Crippen molar-refractivity contribution in [3.63, 3.8) is 0 Å². The first kappa shape index (κ1) is 8.60. The molecule has 0 bridgehead atoms. The lowest BCUT2D eigenvalue weighted by Gasteiger charge is -2.03. The van der Waals surface area contributed by atoms with Gasteiger partial charge in [0, 0.05) is 11.0 Å². The van der Waals surface area contributed by atoms with Gasteiger partial charge in [0.05, 0.1) is 0 Å². The van der Waals surface area contributed by atoms with Crippen molar-refractivity contribution < 1.29 is 0 Å². The quantitative estimate of drug-likeness (QED) is 0.594. The first-order valence-corrected chi connectivity index (χ1v) is 4.77. The number of hydrogen-bond donors (Lipinski definition) is 1. The molecule has 0 spiro atoms. The number of rotatable bonds is 2. The van der Waals surface area contributed by atoms with E-state index < -0.39 is 0 Å². The highest BCUT2D eigenvalue weighted by Crippen LogP contribution is 2.14. The van der Waals surface area contributed by atoms with E-state index in [1.54, 1.807) is 0 Å². The molecule has 0 aliphatic rings. The second-order valence-electron chi connectivity index (χ2n) is 2.64. The van der Waals surface area contributed by atoms with Gasteiger partial charge in [0.15, 0.2) is 0 Å². The Morgan fingerprint density at radius 3 is 2.82 bits per heavy atom. The van der Waals surface area contributed by atoms with Gasteiger partial charge in [-0.3, -0.25) is 0 Å². The summed E-state index contributed by atoms with van der Waals surface area (Å²) in [4.78, 5) is 0. The molecule has 0 heterocycles. The molecule has 0 radical (unpaired) electrons. The monoisotopic (exact) mass is 213 g/mol. The van der Waals surface area contributed by atoms with Crippen LogP contribution in [-0.4, -0.2) is 5.33 Å². The molecule has 0 aromatic heterocycles. The topological polar surface area (TPSA) is 26.0 Å². The van der Waals surface area contributed by atoms with Crippen molar-refractivity contribution in [2.45, 2.75) is 13.3 Å². The van der Waals surface area contributed by atoms with Gasteiger partial charge in [0.1, 0.15) is 0 Å². The van der Waals surface area contributed by atoms with Gasteiger partial charge in [-0.2, -0.15) is 0 Å². The molecule has 11 heavy (non-hydrogen) atoms. The minimum atomic E-state index is 0.898. The van der Waals surface area contributed by atoms with Crippen LogP contribution >= 0.6 is 15.9 Å². The Labute approximate surface area is 75.7 Å². The zero-order valence-corrected chi connectivity index (χ0v) is 8.19. The predicted octanol–water partition coefficient (Wildman–Crippen LogP) is 2.51. The van der Waals surface area contributed by atoms with E-state index in [-0.39, 0.29) is 0 Å². The maximum absolute atomic E-state index is 5.75. The van der Waals surface area contributed by atoms with Gasteiger partial charge in [-0.1, -0.05) is 33.6 Å². The van der Waals surface area contributed by atoms with Crippen molar-refractivity contribution in [1.29, 1.82) is 0 Å². The van der Waals surface area contributed by atoms with Crippen LogP contribution in [0, 0.1) is 6.92 Å². The van der Waals surface area contributed by atoms with Crippen LogP contribution in [0.5, 0.6) is 0 Å². The van der Waals surface area contributed by atoms with Crippen LogP contribution in [0.3, 0.4) is 0 Å². The molecule has 0 atom stereocenters. The van der Waals surface area contributed by atoms with Crippen molar-refractivity contribution in [2.75, 3.05) is 11.1 Å². The van der Waals surface area contributed by atoms with Crippen LogP contribution in [0.4, 0.5) is 5.69 Å². The average Bonchev–Trinajstić information content (AvgIpc) is 1.98. The number of anilines is 1. The molecule has 0 unspecified atom stereocenters. The fourth-order valence-electron chi connectivity index (χ4n) is 1.05. The Morgan fingerprint density at radius 1 is 1.45 bits per heavy atom. The number of nitrogens with two attached hydrogens (primary N) is 1. The Balaban J connectivity index is 2.93. The Bertz CT molecular complexity index is 245. The summed E-state index contributed by atoms with van der Waals surface area (Å²) in [5.74, 6) is 0. The van der Waals surface area contributed by atoms with Gasteiger partial charge in [-0.05, 0) is 25.0 Å². The van der Waals surface area contributed by atoms with E-state index in [0.717, 1.165) is 17.4 Å². The second-order valence-corrected chi connectivity index (χ2v) is 3.43. The van der Waals surface area contributed by atoms with Crippen LogP contribution < -0.4 is 5.73 Å². The van der Waals surface area contributed by atoms with Crippen molar-refractivity contribution in [2.24, 2.45) is 0 Å². The van der Waals surface area contributed by atoms with Crippen LogP contribution in [0.15, 0.2) is 18.2 Å². The number of aryl methyl sites for hydroxylation is 2. The number of halogens is 1. The van der Waals surface area contributed by atoms with Crippen LogP contribution in [0.25, 0.3) is 0 Å². The van der Waals surface area contributed by atoms with E-state index in [1.165, 1.54) is 11.1 Å². The predicted molar refractivity (Wildman–Crippen MR) is 53.1 cm³/mol. The fourth-order valence-corrected chi connectivity index (χ4v) is 1.48.